The number of ether oxygens (including phenoxy) is 1. The number of piperazine rings is 1. The molecule has 0 aliphatic carbocycles. The van der Waals surface area contributed by atoms with Crippen LogP contribution in [0.2, 0.25) is 0 Å². The number of phenols is 1. The highest BCUT2D eigenvalue weighted by atomic mass is 19.4. The zero-order valence-corrected chi connectivity index (χ0v) is 13.1. The van der Waals surface area contributed by atoms with Gasteiger partial charge in [-0.05, 0) is 24.6 Å². The Balaban J connectivity index is 2.29. The van der Waals surface area contributed by atoms with Gasteiger partial charge in [-0.1, -0.05) is 0 Å². The molecule has 1 aromatic carbocycles. The maximum Gasteiger partial charge on any atom is 0.573 e. The van der Waals surface area contributed by atoms with Crippen molar-refractivity contribution in [3.8, 4) is 11.5 Å². The van der Waals surface area contributed by atoms with Crippen LogP contribution in [0.5, 0.6) is 11.5 Å². The lowest BCUT2D eigenvalue weighted by Crippen LogP contribution is -2.45. The molecular formula is C15H18F6N2O2. The fourth-order valence-corrected chi connectivity index (χ4v) is 2.83. The van der Waals surface area contributed by atoms with Gasteiger partial charge in [0, 0.05) is 44.2 Å². The number of alkyl halides is 6. The molecule has 142 valence electrons. The van der Waals surface area contributed by atoms with Crippen LogP contribution in [0, 0.1) is 0 Å². The lowest BCUT2D eigenvalue weighted by Gasteiger charge is -2.35. The molecular weight excluding hydrogens is 354 g/mol. The molecule has 1 aliphatic heterocycles. The lowest BCUT2D eigenvalue weighted by molar-refractivity contribution is -0.274. The van der Waals surface area contributed by atoms with Crippen LogP contribution in [0.25, 0.3) is 0 Å². The molecule has 1 fully saturated rings. The average Bonchev–Trinajstić information content (AvgIpc) is 2.49. The van der Waals surface area contributed by atoms with Crippen LogP contribution in [-0.4, -0.2) is 48.7 Å². The van der Waals surface area contributed by atoms with Crippen molar-refractivity contribution in [2.45, 2.75) is 31.4 Å². The molecule has 25 heavy (non-hydrogen) atoms. The minimum Gasteiger partial charge on any atom is -0.508 e. The van der Waals surface area contributed by atoms with Gasteiger partial charge in [0.25, 0.3) is 0 Å². The van der Waals surface area contributed by atoms with E-state index in [0.29, 0.717) is 26.2 Å². The van der Waals surface area contributed by atoms with Crippen LogP contribution in [0.1, 0.15) is 24.4 Å². The molecule has 4 nitrogen and oxygen atoms in total. The minimum atomic E-state index is -4.93. The van der Waals surface area contributed by atoms with Gasteiger partial charge in [0.15, 0.2) is 0 Å². The first-order valence-electron chi connectivity index (χ1n) is 7.65. The highest BCUT2D eigenvalue weighted by Gasteiger charge is 2.34. The van der Waals surface area contributed by atoms with Crippen molar-refractivity contribution in [3.05, 3.63) is 23.8 Å². The molecule has 0 spiro atoms. The number of phenolic OH excluding ortho intramolecular Hbond substituents is 1. The van der Waals surface area contributed by atoms with Gasteiger partial charge in [-0.25, -0.2) is 0 Å². The minimum absolute atomic E-state index is 0.00657. The number of hydrogen-bond acceptors (Lipinski definition) is 4. The summed E-state index contributed by atoms with van der Waals surface area (Å²) >= 11 is 0. The molecule has 1 saturated heterocycles. The van der Waals surface area contributed by atoms with Gasteiger partial charge in [-0.15, -0.1) is 13.2 Å². The van der Waals surface area contributed by atoms with Crippen molar-refractivity contribution in [1.82, 2.24) is 10.2 Å². The highest BCUT2D eigenvalue weighted by molar-refractivity contribution is 5.41. The van der Waals surface area contributed by atoms with Gasteiger partial charge >= 0.3 is 12.5 Å². The Labute approximate surface area is 140 Å². The molecule has 0 amide bonds. The van der Waals surface area contributed by atoms with Gasteiger partial charge in [-0.3, -0.25) is 4.90 Å². The van der Waals surface area contributed by atoms with Crippen LogP contribution in [0.3, 0.4) is 0 Å². The zero-order chi connectivity index (χ0) is 18.7. The second kappa shape index (κ2) is 7.69. The van der Waals surface area contributed by atoms with Gasteiger partial charge in [-0.2, -0.15) is 13.2 Å². The summed E-state index contributed by atoms with van der Waals surface area (Å²) in [6, 6.07) is 2.01. The topological polar surface area (TPSA) is 44.7 Å². The molecule has 1 heterocycles. The third-order valence-electron chi connectivity index (χ3n) is 3.89. The SMILES string of the molecule is Oc1ccc(OC(F)(F)F)cc1[C@@H](CCC(F)(F)F)N1CCNCC1. The van der Waals surface area contributed by atoms with E-state index in [-0.39, 0.29) is 17.7 Å². The van der Waals surface area contributed by atoms with Crippen LogP contribution in [0.15, 0.2) is 18.2 Å². The van der Waals surface area contributed by atoms with Crippen molar-refractivity contribution >= 4 is 0 Å². The Hall–Kier alpha value is -1.68. The van der Waals surface area contributed by atoms with E-state index >= 15 is 0 Å². The van der Waals surface area contributed by atoms with E-state index in [1.165, 1.54) is 0 Å². The second-order valence-electron chi connectivity index (χ2n) is 5.72. The molecule has 10 heteroatoms. The van der Waals surface area contributed by atoms with E-state index in [1.807, 2.05) is 0 Å². The number of benzene rings is 1. The second-order valence-corrected chi connectivity index (χ2v) is 5.72. The number of halogens is 6. The third-order valence-corrected chi connectivity index (χ3v) is 3.89. The Bertz CT molecular complexity index is 570. The van der Waals surface area contributed by atoms with E-state index in [0.717, 1.165) is 18.2 Å². The molecule has 2 rings (SSSR count). The van der Waals surface area contributed by atoms with Crippen LogP contribution < -0.4 is 10.1 Å². The third kappa shape index (κ3) is 6.28. The lowest BCUT2D eigenvalue weighted by atomic mass is 9.98. The maximum atomic E-state index is 12.6. The van der Waals surface area contributed by atoms with Gasteiger partial charge < -0.3 is 15.2 Å². The highest BCUT2D eigenvalue weighted by Crippen LogP contribution is 2.38. The largest absolute Gasteiger partial charge is 0.573 e. The first-order chi connectivity index (χ1) is 11.6. The number of rotatable bonds is 5. The normalized spacial score (nSPS) is 18.2. The average molecular weight is 372 g/mol. The Morgan fingerprint density at radius 2 is 1.76 bits per heavy atom. The van der Waals surface area contributed by atoms with E-state index in [1.54, 1.807) is 4.90 Å². The van der Waals surface area contributed by atoms with E-state index in [4.69, 9.17) is 0 Å². The number of aromatic hydroxyl groups is 1. The Morgan fingerprint density at radius 3 is 2.32 bits per heavy atom. The molecule has 0 radical (unpaired) electrons. The molecule has 0 saturated carbocycles. The molecule has 0 aromatic heterocycles. The zero-order valence-electron chi connectivity index (χ0n) is 13.1. The van der Waals surface area contributed by atoms with E-state index < -0.39 is 30.8 Å². The number of nitrogens with one attached hydrogen (secondary N) is 1. The standard InChI is InChI=1S/C15H18F6N2O2/c16-14(17,18)4-3-12(23-7-5-22-6-8-23)11-9-10(1-2-13(11)24)25-15(19,20)21/h1-2,9,12,22,24H,3-8H2/t12-/m1/s1. The van der Waals surface area contributed by atoms with Gasteiger partial charge in [0.1, 0.15) is 11.5 Å². The molecule has 0 bridgehead atoms. The summed E-state index contributed by atoms with van der Waals surface area (Å²) in [6.45, 7) is 1.93. The summed E-state index contributed by atoms with van der Waals surface area (Å²) in [5.41, 5.74) is -0.00657. The first-order valence-corrected chi connectivity index (χ1v) is 7.65. The first kappa shape index (κ1) is 19.6. The summed E-state index contributed by atoms with van der Waals surface area (Å²) in [5, 5.41) is 13.1. The summed E-state index contributed by atoms with van der Waals surface area (Å²) in [7, 11) is 0. The maximum absolute atomic E-state index is 12.6. The molecule has 1 aromatic rings. The molecule has 1 atom stereocenters. The fourth-order valence-electron chi connectivity index (χ4n) is 2.83. The summed E-state index contributed by atoms with van der Waals surface area (Å²) in [4.78, 5) is 1.72. The molecule has 0 unspecified atom stereocenters. The van der Waals surface area contributed by atoms with Crippen molar-refractivity contribution in [2.24, 2.45) is 0 Å². The number of hydrogen-bond donors (Lipinski definition) is 2. The van der Waals surface area contributed by atoms with Crippen molar-refractivity contribution in [2.75, 3.05) is 26.2 Å². The Morgan fingerprint density at radius 1 is 1.12 bits per heavy atom. The van der Waals surface area contributed by atoms with Crippen molar-refractivity contribution in [1.29, 1.82) is 0 Å². The monoisotopic (exact) mass is 372 g/mol. The molecule has 1 aliphatic rings. The van der Waals surface area contributed by atoms with Gasteiger partial charge in [0.05, 0.1) is 0 Å². The van der Waals surface area contributed by atoms with Crippen molar-refractivity contribution in [3.63, 3.8) is 0 Å². The summed E-state index contributed by atoms with van der Waals surface area (Å²) in [5.74, 6) is -0.937. The fraction of sp³-hybridized carbons (Fsp3) is 0.600. The van der Waals surface area contributed by atoms with E-state index in [9.17, 15) is 31.4 Å². The summed E-state index contributed by atoms with van der Waals surface area (Å²) < 4.78 is 78.9. The van der Waals surface area contributed by atoms with Crippen LogP contribution in [0.4, 0.5) is 26.3 Å². The van der Waals surface area contributed by atoms with E-state index in [2.05, 4.69) is 10.1 Å². The van der Waals surface area contributed by atoms with Crippen LogP contribution >= 0.6 is 0 Å². The predicted molar refractivity (Wildman–Crippen MR) is 77.3 cm³/mol. The Kier molecular flexibility index (Phi) is 6.04. The predicted octanol–water partition coefficient (Wildman–Crippen LogP) is 3.58. The molecule has 2 N–H and O–H groups in total. The van der Waals surface area contributed by atoms with Crippen LogP contribution in [-0.2, 0) is 0 Å². The summed E-state index contributed by atoms with van der Waals surface area (Å²) in [6.07, 6.45) is -10.8. The van der Waals surface area contributed by atoms with Gasteiger partial charge in [0.2, 0.25) is 0 Å². The quantitative estimate of drug-likeness (QED) is 0.776. The number of nitrogens with zero attached hydrogens (tertiary/aromatic N) is 1. The van der Waals surface area contributed by atoms with Crippen molar-refractivity contribution < 1.29 is 36.2 Å². The smallest absolute Gasteiger partial charge is 0.508 e.